The van der Waals surface area contributed by atoms with Crippen LogP contribution in [0.25, 0.3) is 10.9 Å². The average Bonchev–Trinajstić information content (AvgIpc) is 3.21. The summed E-state index contributed by atoms with van der Waals surface area (Å²) in [5.41, 5.74) is 6.87. The predicted octanol–water partition coefficient (Wildman–Crippen LogP) is 4.27. The Morgan fingerprint density at radius 3 is 2.62 bits per heavy atom. The summed E-state index contributed by atoms with van der Waals surface area (Å²) in [6, 6.07) is 23.1. The number of benzene rings is 3. The number of carbonyl (C=O) groups is 1. The van der Waals surface area contributed by atoms with Crippen molar-refractivity contribution in [2.45, 2.75) is 13.0 Å². The highest BCUT2D eigenvalue weighted by atomic mass is 16.5. The van der Waals surface area contributed by atoms with Gasteiger partial charge in [0.15, 0.2) is 11.5 Å². The van der Waals surface area contributed by atoms with Crippen LogP contribution in [0.3, 0.4) is 0 Å². The molecule has 0 aliphatic carbocycles. The van der Waals surface area contributed by atoms with Gasteiger partial charge in [0, 0.05) is 29.2 Å². The molecule has 0 fully saturated rings. The number of para-hydroxylation sites is 1. The molecule has 0 saturated carbocycles. The van der Waals surface area contributed by atoms with Gasteiger partial charge < -0.3 is 14.0 Å². The Morgan fingerprint density at radius 2 is 1.82 bits per heavy atom. The number of aromatic nitrogens is 1. The first-order valence-corrected chi connectivity index (χ1v) is 10.7. The fraction of sp³-hybridized carbons (Fsp3) is 0.148. The molecule has 7 heteroatoms. The van der Waals surface area contributed by atoms with E-state index in [1.54, 1.807) is 32.6 Å². The maximum Gasteiger partial charge on any atom is 0.244 e. The second-order valence-corrected chi connectivity index (χ2v) is 7.66. The summed E-state index contributed by atoms with van der Waals surface area (Å²) < 4.78 is 12.6. The number of carbonyl (C=O) groups excluding carboxylic acids is 1. The largest absolute Gasteiger partial charge is 0.493 e. The highest BCUT2D eigenvalue weighted by Gasteiger charge is 2.10. The molecular formula is C27H24N4O3. The van der Waals surface area contributed by atoms with Crippen LogP contribution in [0.2, 0.25) is 0 Å². The number of hydrogen-bond acceptors (Lipinski definition) is 5. The van der Waals surface area contributed by atoms with Crippen molar-refractivity contribution in [3.8, 4) is 17.6 Å². The molecule has 1 N–H and O–H groups in total. The van der Waals surface area contributed by atoms with Gasteiger partial charge in [-0.25, -0.2) is 5.43 Å². The summed E-state index contributed by atoms with van der Waals surface area (Å²) in [4.78, 5) is 12.4. The van der Waals surface area contributed by atoms with E-state index in [0.29, 0.717) is 23.6 Å². The van der Waals surface area contributed by atoms with Gasteiger partial charge in [0.2, 0.25) is 5.91 Å². The molecule has 0 atom stereocenters. The summed E-state index contributed by atoms with van der Waals surface area (Å²) in [7, 11) is 3.12. The fourth-order valence-electron chi connectivity index (χ4n) is 3.85. The SMILES string of the molecule is COc1ccc(CC(=O)N/N=C\c2cn(Cc3ccccc3C#N)c3ccccc23)cc1OC. The van der Waals surface area contributed by atoms with E-state index >= 15 is 0 Å². The topological polar surface area (TPSA) is 88.6 Å². The van der Waals surface area contributed by atoms with Crippen molar-refractivity contribution in [3.05, 3.63) is 95.2 Å². The molecule has 0 aliphatic rings. The molecule has 0 bridgehead atoms. The lowest BCUT2D eigenvalue weighted by Crippen LogP contribution is -2.19. The number of hydrogen-bond donors (Lipinski definition) is 1. The molecule has 34 heavy (non-hydrogen) atoms. The number of nitrogens with one attached hydrogen (secondary N) is 1. The first-order valence-electron chi connectivity index (χ1n) is 10.7. The first kappa shape index (κ1) is 22.6. The van der Waals surface area contributed by atoms with E-state index in [1.165, 1.54) is 0 Å². The molecule has 0 radical (unpaired) electrons. The van der Waals surface area contributed by atoms with Gasteiger partial charge >= 0.3 is 0 Å². The van der Waals surface area contributed by atoms with Gasteiger partial charge in [-0.15, -0.1) is 0 Å². The highest BCUT2D eigenvalue weighted by molar-refractivity contribution is 5.99. The average molecular weight is 453 g/mol. The smallest absolute Gasteiger partial charge is 0.244 e. The van der Waals surface area contributed by atoms with E-state index in [9.17, 15) is 10.1 Å². The van der Waals surface area contributed by atoms with Gasteiger partial charge in [0.25, 0.3) is 0 Å². The van der Waals surface area contributed by atoms with E-state index in [1.807, 2.05) is 60.8 Å². The number of amides is 1. The summed E-state index contributed by atoms with van der Waals surface area (Å²) in [5.74, 6) is 0.940. The van der Waals surface area contributed by atoms with E-state index in [0.717, 1.165) is 27.6 Å². The summed E-state index contributed by atoms with van der Waals surface area (Å²) in [5, 5.41) is 14.6. The number of ether oxygens (including phenoxy) is 2. The molecule has 0 saturated heterocycles. The maximum atomic E-state index is 12.4. The van der Waals surface area contributed by atoms with Crippen molar-refractivity contribution in [3.63, 3.8) is 0 Å². The molecule has 3 aromatic carbocycles. The maximum absolute atomic E-state index is 12.4. The summed E-state index contributed by atoms with van der Waals surface area (Å²) in [6.07, 6.45) is 3.77. The molecule has 170 valence electrons. The Hall–Kier alpha value is -4.57. The van der Waals surface area contributed by atoms with Crippen LogP contribution < -0.4 is 14.9 Å². The molecule has 4 rings (SSSR count). The second kappa shape index (κ2) is 10.4. The van der Waals surface area contributed by atoms with Crippen molar-refractivity contribution >= 4 is 23.0 Å². The minimum Gasteiger partial charge on any atom is -0.493 e. The fourth-order valence-corrected chi connectivity index (χ4v) is 3.85. The summed E-state index contributed by atoms with van der Waals surface area (Å²) in [6.45, 7) is 0.559. The minimum atomic E-state index is -0.241. The van der Waals surface area contributed by atoms with Crippen LogP contribution in [0, 0.1) is 11.3 Å². The third-order valence-corrected chi connectivity index (χ3v) is 5.50. The monoisotopic (exact) mass is 452 g/mol. The van der Waals surface area contributed by atoms with Crippen molar-refractivity contribution < 1.29 is 14.3 Å². The van der Waals surface area contributed by atoms with Gasteiger partial charge in [-0.2, -0.15) is 10.4 Å². The molecule has 0 unspecified atom stereocenters. The predicted molar refractivity (Wildman–Crippen MR) is 131 cm³/mol. The van der Waals surface area contributed by atoms with Crippen LogP contribution in [0.1, 0.15) is 22.3 Å². The van der Waals surface area contributed by atoms with Gasteiger partial charge in [-0.05, 0) is 35.4 Å². The molecular weight excluding hydrogens is 428 g/mol. The third kappa shape index (κ3) is 4.92. The van der Waals surface area contributed by atoms with E-state index in [2.05, 4.69) is 21.2 Å². The number of fused-ring (bicyclic) bond motifs is 1. The van der Waals surface area contributed by atoms with Crippen LogP contribution in [-0.2, 0) is 17.8 Å². The second-order valence-electron chi connectivity index (χ2n) is 7.66. The molecule has 1 aromatic heterocycles. The normalized spacial score (nSPS) is 10.9. The molecule has 4 aromatic rings. The quantitative estimate of drug-likeness (QED) is 0.319. The lowest BCUT2D eigenvalue weighted by Gasteiger charge is -2.09. The third-order valence-electron chi connectivity index (χ3n) is 5.50. The Labute approximate surface area is 197 Å². The van der Waals surface area contributed by atoms with E-state index in [-0.39, 0.29) is 12.3 Å². The summed E-state index contributed by atoms with van der Waals surface area (Å²) >= 11 is 0. The van der Waals surface area contributed by atoms with Crippen molar-refractivity contribution in [2.24, 2.45) is 5.10 Å². The highest BCUT2D eigenvalue weighted by Crippen LogP contribution is 2.27. The van der Waals surface area contributed by atoms with Crippen molar-refractivity contribution in [1.29, 1.82) is 5.26 Å². The lowest BCUT2D eigenvalue weighted by atomic mass is 10.1. The van der Waals surface area contributed by atoms with Gasteiger partial charge in [0.1, 0.15) is 0 Å². The van der Waals surface area contributed by atoms with Crippen LogP contribution >= 0.6 is 0 Å². The van der Waals surface area contributed by atoms with Crippen LogP contribution in [0.5, 0.6) is 11.5 Å². The Kier molecular flexibility index (Phi) is 6.89. The van der Waals surface area contributed by atoms with Crippen molar-refractivity contribution in [2.75, 3.05) is 14.2 Å². The molecule has 1 heterocycles. The zero-order chi connectivity index (χ0) is 23.9. The zero-order valence-electron chi connectivity index (χ0n) is 19.0. The number of nitrogens with zero attached hydrogens (tertiary/aromatic N) is 3. The molecule has 0 spiro atoms. The zero-order valence-corrected chi connectivity index (χ0v) is 19.0. The van der Waals surface area contributed by atoms with Gasteiger partial charge in [-0.3, -0.25) is 4.79 Å². The number of nitriles is 1. The number of rotatable bonds is 8. The van der Waals surface area contributed by atoms with E-state index in [4.69, 9.17) is 9.47 Å². The van der Waals surface area contributed by atoms with Crippen molar-refractivity contribution in [1.82, 2.24) is 9.99 Å². The Balaban J connectivity index is 1.49. The lowest BCUT2D eigenvalue weighted by molar-refractivity contribution is -0.120. The van der Waals surface area contributed by atoms with Crippen LogP contribution in [0.15, 0.2) is 78.0 Å². The Bertz CT molecular complexity index is 1400. The number of hydrazone groups is 1. The van der Waals surface area contributed by atoms with Gasteiger partial charge in [0.05, 0.1) is 38.5 Å². The van der Waals surface area contributed by atoms with Crippen LogP contribution in [0.4, 0.5) is 0 Å². The molecule has 7 nitrogen and oxygen atoms in total. The molecule has 1 amide bonds. The van der Waals surface area contributed by atoms with Crippen LogP contribution in [-0.4, -0.2) is 30.9 Å². The van der Waals surface area contributed by atoms with E-state index < -0.39 is 0 Å². The minimum absolute atomic E-state index is 0.157. The standard InChI is InChI=1S/C27H24N4O3/c1-33-25-12-11-19(13-26(25)34-2)14-27(32)30-29-16-22-18-31(24-10-6-5-9-23(22)24)17-21-8-4-3-7-20(21)15-28/h3-13,16,18H,14,17H2,1-2H3,(H,30,32)/b29-16-. The van der Waals surface area contributed by atoms with Gasteiger partial charge in [-0.1, -0.05) is 42.5 Å². The molecule has 0 aliphatic heterocycles. The number of methoxy groups -OCH3 is 2. The first-order chi connectivity index (χ1) is 16.6. The Morgan fingerprint density at radius 1 is 1.06 bits per heavy atom.